The van der Waals surface area contributed by atoms with Crippen LogP contribution in [0.15, 0.2) is 29.2 Å². The molecule has 122 valence electrons. The lowest BCUT2D eigenvalue weighted by molar-refractivity contribution is -0.385. The summed E-state index contributed by atoms with van der Waals surface area (Å²) >= 11 is 0. The van der Waals surface area contributed by atoms with Gasteiger partial charge in [-0.15, -0.1) is 0 Å². The van der Waals surface area contributed by atoms with Gasteiger partial charge in [0.05, 0.1) is 9.82 Å². The highest BCUT2D eigenvalue weighted by Gasteiger charge is 2.34. The van der Waals surface area contributed by atoms with E-state index in [-0.39, 0.29) is 22.0 Å². The zero-order valence-electron chi connectivity index (χ0n) is 13.1. The summed E-state index contributed by atoms with van der Waals surface area (Å²) in [6.45, 7) is 6.39. The number of nitrogens with zero attached hydrogens (tertiary/aromatic N) is 1. The van der Waals surface area contributed by atoms with Crippen molar-refractivity contribution >= 4 is 15.7 Å². The molecule has 2 rings (SSSR count). The molecule has 1 aliphatic rings. The predicted molar refractivity (Wildman–Crippen MR) is 84.0 cm³/mol. The van der Waals surface area contributed by atoms with E-state index in [0.717, 1.165) is 25.3 Å². The number of benzene rings is 1. The second-order valence-electron chi connectivity index (χ2n) is 6.99. The summed E-state index contributed by atoms with van der Waals surface area (Å²) in [7, 11) is -3.74. The number of nitro groups is 1. The molecule has 0 radical (unpaired) electrons. The average molecular weight is 326 g/mol. The molecule has 1 aliphatic carbocycles. The molecule has 7 heteroatoms. The van der Waals surface area contributed by atoms with Crippen molar-refractivity contribution in [3.8, 4) is 0 Å². The summed E-state index contributed by atoms with van der Waals surface area (Å²) in [5.74, 6) is 0.446. The van der Waals surface area contributed by atoms with Gasteiger partial charge < -0.3 is 0 Å². The molecule has 0 bridgehead atoms. The van der Waals surface area contributed by atoms with Crippen LogP contribution in [-0.2, 0) is 10.0 Å². The molecule has 0 amide bonds. The summed E-state index contributed by atoms with van der Waals surface area (Å²) in [4.78, 5) is 10.1. The van der Waals surface area contributed by atoms with Crippen molar-refractivity contribution in [1.29, 1.82) is 0 Å². The number of hydrogen-bond donors (Lipinski definition) is 1. The van der Waals surface area contributed by atoms with Gasteiger partial charge in [0.15, 0.2) is 0 Å². The lowest BCUT2D eigenvalue weighted by Crippen LogP contribution is -2.42. The minimum absolute atomic E-state index is 0.0577. The molecule has 22 heavy (non-hydrogen) atoms. The minimum Gasteiger partial charge on any atom is -0.258 e. The smallest absolute Gasteiger partial charge is 0.258 e. The largest absolute Gasteiger partial charge is 0.270 e. The topological polar surface area (TPSA) is 89.3 Å². The first kappa shape index (κ1) is 16.9. The maximum atomic E-state index is 12.5. The number of nitro benzene ring substituents is 1. The van der Waals surface area contributed by atoms with Crippen LogP contribution < -0.4 is 4.72 Å². The third-order valence-electron chi connectivity index (χ3n) is 4.05. The van der Waals surface area contributed by atoms with E-state index in [1.54, 1.807) is 0 Å². The Kier molecular flexibility index (Phi) is 4.58. The fourth-order valence-corrected chi connectivity index (χ4v) is 4.78. The lowest BCUT2D eigenvalue weighted by atomic mass is 9.71. The Morgan fingerprint density at radius 2 is 2.00 bits per heavy atom. The molecule has 1 N–H and O–H groups in total. The monoisotopic (exact) mass is 326 g/mol. The first-order valence-electron chi connectivity index (χ1n) is 7.36. The highest BCUT2D eigenvalue weighted by atomic mass is 32.2. The van der Waals surface area contributed by atoms with E-state index in [4.69, 9.17) is 0 Å². The maximum absolute atomic E-state index is 12.5. The molecular weight excluding hydrogens is 304 g/mol. The van der Waals surface area contributed by atoms with Gasteiger partial charge in [0.2, 0.25) is 10.0 Å². The van der Waals surface area contributed by atoms with Crippen molar-refractivity contribution in [2.45, 2.75) is 51.0 Å². The van der Waals surface area contributed by atoms with Gasteiger partial charge in [-0.1, -0.05) is 26.8 Å². The molecule has 1 fully saturated rings. The van der Waals surface area contributed by atoms with E-state index in [2.05, 4.69) is 25.5 Å². The molecule has 2 atom stereocenters. The van der Waals surface area contributed by atoms with Crippen molar-refractivity contribution in [2.75, 3.05) is 0 Å². The van der Waals surface area contributed by atoms with Crippen molar-refractivity contribution in [3.05, 3.63) is 34.4 Å². The van der Waals surface area contributed by atoms with Crippen LogP contribution >= 0.6 is 0 Å². The molecule has 0 aliphatic heterocycles. The average Bonchev–Trinajstić information content (AvgIpc) is 2.35. The van der Waals surface area contributed by atoms with E-state index in [0.29, 0.717) is 5.92 Å². The van der Waals surface area contributed by atoms with Gasteiger partial charge in [-0.3, -0.25) is 10.1 Å². The summed E-state index contributed by atoms with van der Waals surface area (Å²) in [6.07, 6.45) is 2.63. The van der Waals surface area contributed by atoms with Crippen LogP contribution in [0.5, 0.6) is 0 Å². The van der Waals surface area contributed by atoms with Gasteiger partial charge in [-0.25, -0.2) is 13.1 Å². The Balaban J connectivity index is 2.21. The van der Waals surface area contributed by atoms with Crippen LogP contribution in [0.1, 0.15) is 40.0 Å². The molecule has 1 aromatic rings. The van der Waals surface area contributed by atoms with Crippen LogP contribution in [0.4, 0.5) is 5.69 Å². The van der Waals surface area contributed by atoms with Crippen LogP contribution in [0.3, 0.4) is 0 Å². The zero-order valence-corrected chi connectivity index (χ0v) is 13.9. The summed E-state index contributed by atoms with van der Waals surface area (Å²) in [6, 6.07) is 5.01. The second-order valence-corrected chi connectivity index (χ2v) is 8.70. The van der Waals surface area contributed by atoms with Gasteiger partial charge in [-0.2, -0.15) is 0 Å². The van der Waals surface area contributed by atoms with Gasteiger partial charge in [0, 0.05) is 18.2 Å². The standard InChI is InChI=1S/C15H22N2O4S/c1-11-7-12(10-15(2,3)9-11)16-22(20,21)14-6-4-5-13(8-14)17(18)19/h4-6,8,11-12,16H,7,9-10H2,1-3H3. The molecule has 1 aromatic carbocycles. The van der Waals surface area contributed by atoms with Crippen molar-refractivity contribution in [3.63, 3.8) is 0 Å². The fourth-order valence-electron chi connectivity index (χ4n) is 3.49. The first-order valence-corrected chi connectivity index (χ1v) is 8.84. The van der Waals surface area contributed by atoms with Crippen LogP contribution in [-0.4, -0.2) is 19.4 Å². The van der Waals surface area contributed by atoms with Crippen LogP contribution in [0.2, 0.25) is 0 Å². The maximum Gasteiger partial charge on any atom is 0.270 e. The van der Waals surface area contributed by atoms with Crippen LogP contribution in [0.25, 0.3) is 0 Å². The second kappa shape index (κ2) is 5.96. The Labute approximate surface area is 131 Å². The van der Waals surface area contributed by atoms with Crippen molar-refractivity contribution < 1.29 is 13.3 Å². The Morgan fingerprint density at radius 1 is 1.32 bits per heavy atom. The highest BCUT2D eigenvalue weighted by molar-refractivity contribution is 7.89. The Morgan fingerprint density at radius 3 is 2.59 bits per heavy atom. The number of rotatable bonds is 4. The van der Waals surface area contributed by atoms with E-state index in [9.17, 15) is 18.5 Å². The third-order valence-corrected chi connectivity index (χ3v) is 5.57. The highest BCUT2D eigenvalue weighted by Crippen LogP contribution is 2.38. The first-order chi connectivity index (χ1) is 10.1. The number of sulfonamides is 1. The summed E-state index contributed by atoms with van der Waals surface area (Å²) in [5, 5.41) is 10.8. The van der Waals surface area contributed by atoms with E-state index in [1.807, 2.05) is 0 Å². The number of non-ortho nitro benzene ring substituents is 1. The molecular formula is C15H22N2O4S. The lowest BCUT2D eigenvalue weighted by Gasteiger charge is -2.39. The minimum atomic E-state index is -3.74. The fraction of sp³-hybridized carbons (Fsp3) is 0.600. The van der Waals surface area contributed by atoms with E-state index >= 15 is 0 Å². The van der Waals surface area contributed by atoms with Gasteiger partial charge in [-0.05, 0) is 36.7 Å². The third kappa shape index (κ3) is 4.04. The van der Waals surface area contributed by atoms with Gasteiger partial charge in [0.1, 0.15) is 0 Å². The van der Waals surface area contributed by atoms with Crippen molar-refractivity contribution in [1.82, 2.24) is 4.72 Å². The molecule has 6 nitrogen and oxygen atoms in total. The van der Waals surface area contributed by atoms with E-state index < -0.39 is 14.9 Å². The quantitative estimate of drug-likeness (QED) is 0.680. The molecule has 2 unspecified atom stereocenters. The Hall–Kier alpha value is -1.47. The summed E-state index contributed by atoms with van der Waals surface area (Å²) < 4.78 is 27.6. The molecule has 0 saturated heterocycles. The zero-order chi connectivity index (χ0) is 16.5. The SMILES string of the molecule is CC1CC(NS(=O)(=O)c2cccc([N+](=O)[O-])c2)CC(C)(C)C1. The number of hydrogen-bond acceptors (Lipinski definition) is 4. The van der Waals surface area contributed by atoms with Gasteiger partial charge in [0.25, 0.3) is 5.69 Å². The molecule has 1 saturated carbocycles. The molecule has 0 aromatic heterocycles. The van der Waals surface area contributed by atoms with E-state index in [1.165, 1.54) is 18.2 Å². The summed E-state index contributed by atoms with van der Waals surface area (Å²) in [5.41, 5.74) is -0.131. The molecule has 0 spiro atoms. The predicted octanol–water partition coefficient (Wildman–Crippen LogP) is 3.09. The normalized spacial score (nSPS) is 24.9. The number of nitrogens with one attached hydrogen (secondary N) is 1. The Bertz CT molecular complexity index is 670. The van der Waals surface area contributed by atoms with Crippen LogP contribution in [0, 0.1) is 21.4 Å². The van der Waals surface area contributed by atoms with Crippen molar-refractivity contribution in [2.24, 2.45) is 11.3 Å². The van der Waals surface area contributed by atoms with Gasteiger partial charge >= 0.3 is 0 Å². The molecule has 0 heterocycles.